The van der Waals surface area contributed by atoms with Crippen LogP contribution in [0.4, 0.5) is 4.79 Å². The first-order valence-electron chi connectivity index (χ1n) is 8.40. The van der Waals surface area contributed by atoms with E-state index in [2.05, 4.69) is 12.2 Å². The Labute approximate surface area is 127 Å². The van der Waals surface area contributed by atoms with Crippen LogP contribution in [0.1, 0.15) is 58.3 Å². The number of nitrogens with zero attached hydrogens (tertiary/aromatic N) is 1. The summed E-state index contributed by atoms with van der Waals surface area (Å²) in [7, 11) is 0. The first-order valence-corrected chi connectivity index (χ1v) is 8.40. The predicted molar refractivity (Wildman–Crippen MR) is 81.1 cm³/mol. The van der Waals surface area contributed by atoms with E-state index < -0.39 is 11.9 Å². The van der Waals surface area contributed by atoms with E-state index in [-0.39, 0.29) is 12.1 Å². The fourth-order valence-electron chi connectivity index (χ4n) is 3.61. The van der Waals surface area contributed by atoms with Crippen LogP contribution in [0, 0.1) is 11.8 Å². The molecule has 2 fully saturated rings. The van der Waals surface area contributed by atoms with Crippen molar-refractivity contribution >= 4 is 12.0 Å². The first-order chi connectivity index (χ1) is 10.1. The molecular formula is C16H28N2O3. The van der Waals surface area contributed by atoms with Crippen LogP contribution in [0.25, 0.3) is 0 Å². The highest BCUT2D eigenvalue weighted by Crippen LogP contribution is 2.25. The third-order valence-corrected chi connectivity index (χ3v) is 5.03. The zero-order chi connectivity index (χ0) is 15.2. The first kappa shape index (κ1) is 16.1. The normalized spacial score (nSPS) is 30.5. The summed E-state index contributed by atoms with van der Waals surface area (Å²) in [4.78, 5) is 25.7. The van der Waals surface area contributed by atoms with Gasteiger partial charge in [-0.15, -0.1) is 0 Å². The van der Waals surface area contributed by atoms with Crippen molar-refractivity contribution in [3.05, 3.63) is 0 Å². The highest BCUT2D eigenvalue weighted by Gasteiger charge is 2.32. The lowest BCUT2D eigenvalue weighted by molar-refractivity contribution is -0.142. The minimum atomic E-state index is -0.771. The lowest BCUT2D eigenvalue weighted by Gasteiger charge is -2.34. The van der Waals surface area contributed by atoms with Gasteiger partial charge in [-0.2, -0.15) is 0 Å². The highest BCUT2D eigenvalue weighted by molar-refractivity contribution is 5.77. The fraction of sp³-hybridized carbons (Fsp3) is 0.875. The molecule has 2 amide bonds. The molecule has 1 saturated heterocycles. The van der Waals surface area contributed by atoms with Gasteiger partial charge in [-0.1, -0.05) is 32.6 Å². The van der Waals surface area contributed by atoms with Gasteiger partial charge in [-0.25, -0.2) is 4.79 Å². The van der Waals surface area contributed by atoms with Gasteiger partial charge in [0.25, 0.3) is 0 Å². The molecule has 0 bridgehead atoms. The standard InChI is InChI=1S/C16H28N2O3/c1-2-12-7-6-10-18(11-12)16(21)17-14-9-5-3-4-8-13(14)15(19)20/h12-14H,2-11H2,1H3,(H,17,21)(H,19,20). The summed E-state index contributed by atoms with van der Waals surface area (Å²) in [5.41, 5.74) is 0. The summed E-state index contributed by atoms with van der Waals surface area (Å²) >= 11 is 0. The van der Waals surface area contributed by atoms with Crippen molar-refractivity contribution in [2.75, 3.05) is 13.1 Å². The molecule has 1 saturated carbocycles. The largest absolute Gasteiger partial charge is 0.481 e. The third kappa shape index (κ3) is 4.35. The minimum Gasteiger partial charge on any atom is -0.481 e. The van der Waals surface area contributed by atoms with Crippen LogP contribution >= 0.6 is 0 Å². The van der Waals surface area contributed by atoms with E-state index in [9.17, 15) is 14.7 Å². The number of rotatable bonds is 3. The van der Waals surface area contributed by atoms with E-state index >= 15 is 0 Å². The zero-order valence-corrected chi connectivity index (χ0v) is 13.0. The van der Waals surface area contributed by atoms with E-state index in [1.54, 1.807) is 0 Å². The van der Waals surface area contributed by atoms with Gasteiger partial charge in [0.15, 0.2) is 0 Å². The minimum absolute atomic E-state index is 0.0636. The molecule has 0 aromatic heterocycles. The van der Waals surface area contributed by atoms with Gasteiger partial charge in [-0.3, -0.25) is 4.79 Å². The molecule has 0 aromatic carbocycles. The molecule has 21 heavy (non-hydrogen) atoms. The van der Waals surface area contributed by atoms with Crippen molar-refractivity contribution in [1.29, 1.82) is 0 Å². The smallest absolute Gasteiger partial charge is 0.317 e. The van der Waals surface area contributed by atoms with Crippen LogP contribution in [0.5, 0.6) is 0 Å². The molecule has 3 unspecified atom stereocenters. The Balaban J connectivity index is 1.94. The Kier molecular flexibility index (Phi) is 5.88. The monoisotopic (exact) mass is 296 g/mol. The van der Waals surface area contributed by atoms with Gasteiger partial charge in [-0.05, 0) is 31.6 Å². The Morgan fingerprint density at radius 1 is 1.14 bits per heavy atom. The van der Waals surface area contributed by atoms with Crippen molar-refractivity contribution in [1.82, 2.24) is 10.2 Å². The summed E-state index contributed by atoms with van der Waals surface area (Å²) in [5, 5.41) is 12.4. The topological polar surface area (TPSA) is 69.6 Å². The van der Waals surface area contributed by atoms with Crippen LogP contribution in [0.15, 0.2) is 0 Å². The van der Waals surface area contributed by atoms with Crippen molar-refractivity contribution in [3.8, 4) is 0 Å². The van der Waals surface area contributed by atoms with E-state index in [4.69, 9.17) is 0 Å². The molecule has 2 N–H and O–H groups in total. The van der Waals surface area contributed by atoms with Crippen molar-refractivity contribution in [3.63, 3.8) is 0 Å². The zero-order valence-electron chi connectivity index (χ0n) is 13.0. The summed E-state index contributed by atoms with van der Waals surface area (Å²) in [6.45, 7) is 3.78. The Hall–Kier alpha value is -1.26. The number of nitrogens with one attached hydrogen (secondary N) is 1. The quantitative estimate of drug-likeness (QED) is 0.787. The van der Waals surface area contributed by atoms with Crippen LogP contribution in [0.2, 0.25) is 0 Å². The summed E-state index contributed by atoms with van der Waals surface area (Å²) in [6.07, 6.45) is 7.84. The number of hydrogen-bond donors (Lipinski definition) is 2. The summed E-state index contributed by atoms with van der Waals surface area (Å²) in [5.74, 6) is -0.607. The maximum atomic E-state index is 12.4. The molecule has 3 atom stereocenters. The molecule has 0 radical (unpaired) electrons. The van der Waals surface area contributed by atoms with E-state index in [1.165, 1.54) is 6.42 Å². The molecule has 1 heterocycles. The number of amides is 2. The van der Waals surface area contributed by atoms with Crippen LogP contribution in [-0.2, 0) is 4.79 Å². The molecule has 120 valence electrons. The van der Waals surface area contributed by atoms with Gasteiger partial charge < -0.3 is 15.3 Å². The second kappa shape index (κ2) is 7.66. The van der Waals surface area contributed by atoms with Crippen LogP contribution in [0.3, 0.4) is 0 Å². The molecule has 1 aliphatic carbocycles. The summed E-state index contributed by atoms with van der Waals surface area (Å²) in [6, 6.07) is -0.272. The lowest BCUT2D eigenvalue weighted by atomic mass is 9.94. The Morgan fingerprint density at radius 2 is 1.90 bits per heavy atom. The SMILES string of the molecule is CCC1CCCN(C(=O)NC2CCCCCC2C(=O)O)C1. The second-order valence-electron chi connectivity index (χ2n) is 6.50. The average Bonchev–Trinajstić information content (AvgIpc) is 2.72. The number of carbonyl (C=O) groups excluding carboxylic acids is 1. The number of urea groups is 1. The van der Waals surface area contributed by atoms with Crippen molar-refractivity contribution in [2.45, 2.75) is 64.3 Å². The Bertz CT molecular complexity index is 373. The molecule has 0 aromatic rings. The van der Waals surface area contributed by atoms with Gasteiger partial charge in [0.2, 0.25) is 0 Å². The fourth-order valence-corrected chi connectivity index (χ4v) is 3.61. The molecule has 1 aliphatic heterocycles. The number of carboxylic acid groups (broad SMARTS) is 1. The van der Waals surface area contributed by atoms with Gasteiger partial charge in [0, 0.05) is 19.1 Å². The van der Waals surface area contributed by atoms with Crippen molar-refractivity contribution < 1.29 is 14.7 Å². The van der Waals surface area contributed by atoms with E-state index in [0.29, 0.717) is 12.3 Å². The predicted octanol–water partition coefficient (Wildman–Crippen LogP) is 2.85. The van der Waals surface area contributed by atoms with Gasteiger partial charge >= 0.3 is 12.0 Å². The maximum Gasteiger partial charge on any atom is 0.317 e. The molecule has 2 aliphatic rings. The van der Waals surface area contributed by atoms with E-state index in [0.717, 1.165) is 51.6 Å². The number of carbonyl (C=O) groups is 2. The number of carboxylic acids is 1. The summed E-state index contributed by atoms with van der Waals surface area (Å²) < 4.78 is 0. The molecule has 0 spiro atoms. The number of piperidine rings is 1. The van der Waals surface area contributed by atoms with Gasteiger partial charge in [0.1, 0.15) is 0 Å². The lowest BCUT2D eigenvalue weighted by Crippen LogP contribution is -2.51. The van der Waals surface area contributed by atoms with Crippen LogP contribution < -0.4 is 5.32 Å². The van der Waals surface area contributed by atoms with Crippen LogP contribution in [-0.4, -0.2) is 41.1 Å². The molecule has 5 nitrogen and oxygen atoms in total. The van der Waals surface area contributed by atoms with Crippen molar-refractivity contribution in [2.24, 2.45) is 11.8 Å². The highest BCUT2D eigenvalue weighted by atomic mass is 16.4. The third-order valence-electron chi connectivity index (χ3n) is 5.03. The molecule has 2 rings (SSSR count). The Morgan fingerprint density at radius 3 is 2.62 bits per heavy atom. The second-order valence-corrected chi connectivity index (χ2v) is 6.50. The maximum absolute atomic E-state index is 12.4. The number of hydrogen-bond acceptors (Lipinski definition) is 2. The number of likely N-dealkylation sites (tertiary alicyclic amines) is 1. The number of aliphatic carboxylic acids is 1. The van der Waals surface area contributed by atoms with E-state index in [1.807, 2.05) is 4.90 Å². The van der Waals surface area contributed by atoms with Gasteiger partial charge in [0.05, 0.1) is 5.92 Å². The molecule has 5 heteroatoms. The average molecular weight is 296 g/mol. The molecular weight excluding hydrogens is 268 g/mol.